The fourth-order valence-corrected chi connectivity index (χ4v) is 2.10. The number of amidine groups is 1. The maximum absolute atomic E-state index is 5.98. The number of hydrogen-bond acceptors (Lipinski definition) is 3. The van der Waals surface area contributed by atoms with Crippen LogP contribution in [0.3, 0.4) is 0 Å². The molecule has 3 nitrogen and oxygen atoms in total. The van der Waals surface area contributed by atoms with E-state index in [1.165, 1.54) is 0 Å². The Balaban J connectivity index is 2.20. The second kappa shape index (κ2) is 4.85. The first-order valence-corrected chi connectivity index (χ1v) is 5.85. The number of halogens is 1. The first kappa shape index (κ1) is 11.4. The number of nitrogens with zero attached hydrogens (tertiary/aromatic N) is 2. The van der Waals surface area contributed by atoms with Gasteiger partial charge in [0, 0.05) is 29.7 Å². The van der Waals surface area contributed by atoms with Crippen molar-refractivity contribution in [1.29, 1.82) is 0 Å². The van der Waals surface area contributed by atoms with Crippen LogP contribution in [0, 0.1) is 0 Å². The van der Waals surface area contributed by atoms with Crippen molar-refractivity contribution in [3.63, 3.8) is 0 Å². The van der Waals surface area contributed by atoms with Gasteiger partial charge >= 0.3 is 0 Å². The van der Waals surface area contributed by atoms with E-state index in [-0.39, 0.29) is 6.04 Å². The highest BCUT2D eigenvalue weighted by Crippen LogP contribution is 2.16. The molecule has 0 aliphatic carbocycles. The first-order valence-electron chi connectivity index (χ1n) is 5.48. The summed E-state index contributed by atoms with van der Waals surface area (Å²) in [6.07, 6.45) is 0. The predicted octanol–water partition coefficient (Wildman–Crippen LogP) is 1.75. The third-order valence-electron chi connectivity index (χ3n) is 2.52. The summed E-state index contributed by atoms with van der Waals surface area (Å²) in [6, 6.07) is 7.95. The van der Waals surface area contributed by atoms with Gasteiger partial charge in [-0.3, -0.25) is 4.99 Å². The second-order valence-electron chi connectivity index (χ2n) is 4.14. The van der Waals surface area contributed by atoms with Crippen molar-refractivity contribution < 1.29 is 0 Å². The van der Waals surface area contributed by atoms with E-state index in [1.54, 1.807) is 0 Å². The number of aliphatic imine (C=N–C) groups is 1. The van der Waals surface area contributed by atoms with Gasteiger partial charge in [0.05, 0.1) is 6.54 Å². The van der Waals surface area contributed by atoms with Crippen LogP contribution in [0.15, 0.2) is 29.3 Å². The molecule has 1 heterocycles. The van der Waals surface area contributed by atoms with Crippen molar-refractivity contribution >= 4 is 17.4 Å². The molecule has 2 rings (SSSR count). The number of benzene rings is 1. The van der Waals surface area contributed by atoms with E-state index < -0.39 is 0 Å². The summed E-state index contributed by atoms with van der Waals surface area (Å²) < 4.78 is 0. The van der Waals surface area contributed by atoms with Crippen LogP contribution in [0.1, 0.15) is 12.5 Å². The van der Waals surface area contributed by atoms with Crippen molar-refractivity contribution in [2.24, 2.45) is 10.7 Å². The Morgan fingerprint density at radius 2 is 2.38 bits per heavy atom. The summed E-state index contributed by atoms with van der Waals surface area (Å²) in [7, 11) is 0. The van der Waals surface area contributed by atoms with Gasteiger partial charge in [-0.1, -0.05) is 23.7 Å². The van der Waals surface area contributed by atoms with Crippen LogP contribution < -0.4 is 5.73 Å². The molecule has 0 amide bonds. The zero-order valence-corrected chi connectivity index (χ0v) is 10.1. The maximum Gasteiger partial charge on any atom is 0.131 e. The van der Waals surface area contributed by atoms with E-state index in [1.807, 2.05) is 31.2 Å². The molecule has 2 N–H and O–H groups in total. The molecule has 0 spiro atoms. The molecule has 1 aromatic rings. The highest BCUT2D eigenvalue weighted by molar-refractivity contribution is 6.31. The lowest BCUT2D eigenvalue weighted by atomic mass is 10.2. The van der Waals surface area contributed by atoms with Gasteiger partial charge in [-0.15, -0.1) is 0 Å². The minimum Gasteiger partial charge on any atom is -0.353 e. The van der Waals surface area contributed by atoms with Crippen molar-refractivity contribution in [2.45, 2.75) is 13.0 Å². The lowest BCUT2D eigenvalue weighted by Gasteiger charge is -2.22. The van der Waals surface area contributed by atoms with Crippen LogP contribution in [0.25, 0.3) is 0 Å². The van der Waals surface area contributed by atoms with E-state index in [0.29, 0.717) is 0 Å². The van der Waals surface area contributed by atoms with Gasteiger partial charge in [0.25, 0.3) is 0 Å². The topological polar surface area (TPSA) is 41.6 Å². The largest absolute Gasteiger partial charge is 0.353 e. The highest BCUT2D eigenvalue weighted by atomic mass is 35.5. The normalized spacial score (nSPS) is 17.4. The van der Waals surface area contributed by atoms with Gasteiger partial charge in [0.15, 0.2) is 0 Å². The molecule has 0 radical (unpaired) electrons. The molecule has 1 aliphatic rings. The summed E-state index contributed by atoms with van der Waals surface area (Å²) in [4.78, 5) is 6.73. The molecule has 0 saturated heterocycles. The first-order chi connectivity index (χ1) is 7.66. The van der Waals surface area contributed by atoms with Gasteiger partial charge in [-0.2, -0.15) is 0 Å². The van der Waals surface area contributed by atoms with E-state index in [4.69, 9.17) is 17.3 Å². The average molecular weight is 238 g/mol. The fourth-order valence-electron chi connectivity index (χ4n) is 1.91. The summed E-state index contributed by atoms with van der Waals surface area (Å²) in [6.45, 7) is 4.64. The number of rotatable bonds is 3. The minimum absolute atomic E-state index is 0.155. The molecule has 0 saturated carbocycles. The molecule has 0 aromatic heterocycles. The smallest absolute Gasteiger partial charge is 0.131 e. The minimum atomic E-state index is 0.155. The number of nitrogens with two attached hydrogens (primary N) is 1. The lowest BCUT2D eigenvalue weighted by Crippen LogP contribution is -2.38. The molecule has 86 valence electrons. The molecule has 1 unspecified atom stereocenters. The maximum atomic E-state index is 5.98. The lowest BCUT2D eigenvalue weighted by molar-refractivity contribution is 0.426. The Morgan fingerprint density at radius 1 is 1.56 bits per heavy atom. The Morgan fingerprint density at radius 3 is 3.06 bits per heavy atom. The highest BCUT2D eigenvalue weighted by Gasteiger charge is 2.19. The van der Waals surface area contributed by atoms with E-state index in [2.05, 4.69) is 9.89 Å². The van der Waals surface area contributed by atoms with Gasteiger partial charge in [-0.25, -0.2) is 0 Å². The number of hydrogen-bond donors (Lipinski definition) is 1. The molecule has 1 atom stereocenters. The third kappa shape index (κ3) is 2.54. The summed E-state index contributed by atoms with van der Waals surface area (Å²) in [5, 5.41) is 0.743. The Kier molecular flexibility index (Phi) is 3.46. The van der Waals surface area contributed by atoms with Crippen LogP contribution in [0.2, 0.25) is 5.02 Å². The Labute approximate surface area is 101 Å². The molecule has 16 heavy (non-hydrogen) atoms. The molecule has 1 aromatic carbocycles. The molecular weight excluding hydrogens is 222 g/mol. The molecule has 4 heteroatoms. The summed E-state index contributed by atoms with van der Waals surface area (Å²) >= 11 is 5.98. The van der Waals surface area contributed by atoms with Crippen molar-refractivity contribution in [3.05, 3.63) is 34.9 Å². The zero-order chi connectivity index (χ0) is 11.5. The quantitative estimate of drug-likeness (QED) is 0.870. The van der Waals surface area contributed by atoms with Crippen molar-refractivity contribution in [1.82, 2.24) is 4.90 Å². The SMILES string of the molecule is CC(N)CN1CCN=C1c1cccc(Cl)c1. The van der Waals surface area contributed by atoms with Gasteiger partial charge in [-0.05, 0) is 19.1 Å². The van der Waals surface area contributed by atoms with Gasteiger partial charge in [0.2, 0.25) is 0 Å². The fraction of sp³-hybridized carbons (Fsp3) is 0.417. The van der Waals surface area contributed by atoms with Crippen molar-refractivity contribution in [3.8, 4) is 0 Å². The Hall–Kier alpha value is -1.06. The molecule has 1 aliphatic heterocycles. The third-order valence-corrected chi connectivity index (χ3v) is 2.76. The monoisotopic (exact) mass is 237 g/mol. The molecule has 0 fully saturated rings. The van der Waals surface area contributed by atoms with Gasteiger partial charge < -0.3 is 10.6 Å². The molecule has 0 bridgehead atoms. The predicted molar refractivity (Wildman–Crippen MR) is 68.1 cm³/mol. The zero-order valence-electron chi connectivity index (χ0n) is 9.36. The van der Waals surface area contributed by atoms with E-state index in [0.717, 1.165) is 36.1 Å². The molecular formula is C12H16ClN3. The van der Waals surface area contributed by atoms with Crippen molar-refractivity contribution in [2.75, 3.05) is 19.6 Å². The van der Waals surface area contributed by atoms with E-state index in [9.17, 15) is 0 Å². The van der Waals surface area contributed by atoms with Crippen LogP contribution in [0.5, 0.6) is 0 Å². The standard InChI is InChI=1S/C12H16ClN3/c1-9(14)8-16-6-5-15-12(16)10-3-2-4-11(13)7-10/h2-4,7,9H,5-6,8,14H2,1H3. The summed E-state index contributed by atoms with van der Waals surface area (Å²) in [5.74, 6) is 1.01. The van der Waals surface area contributed by atoms with Crippen LogP contribution in [-0.2, 0) is 0 Å². The second-order valence-corrected chi connectivity index (χ2v) is 4.58. The average Bonchev–Trinajstić information content (AvgIpc) is 2.65. The summed E-state index contributed by atoms with van der Waals surface area (Å²) in [5.41, 5.74) is 6.89. The van der Waals surface area contributed by atoms with Crippen LogP contribution in [0.4, 0.5) is 0 Å². The van der Waals surface area contributed by atoms with Crippen LogP contribution in [-0.4, -0.2) is 36.4 Å². The van der Waals surface area contributed by atoms with E-state index >= 15 is 0 Å². The van der Waals surface area contributed by atoms with Gasteiger partial charge in [0.1, 0.15) is 5.84 Å². The Bertz CT molecular complexity index is 401. The van der Waals surface area contributed by atoms with Crippen LogP contribution >= 0.6 is 11.6 Å².